The van der Waals surface area contributed by atoms with Crippen molar-refractivity contribution in [3.05, 3.63) is 22.2 Å². The van der Waals surface area contributed by atoms with Crippen LogP contribution in [0.4, 0.5) is 0 Å². The Bertz CT molecular complexity index is 442. The number of piperidine rings is 1. The molecule has 0 aromatic heterocycles. The van der Waals surface area contributed by atoms with E-state index in [9.17, 15) is 0 Å². The Hall–Kier alpha value is -0.930. The van der Waals surface area contributed by atoms with Gasteiger partial charge in [0.1, 0.15) is 11.5 Å². The van der Waals surface area contributed by atoms with Crippen LogP contribution in [0.1, 0.15) is 30.4 Å². The molecule has 0 aliphatic carbocycles. The Kier molecular flexibility index (Phi) is 4.94. The van der Waals surface area contributed by atoms with E-state index < -0.39 is 0 Å². The van der Waals surface area contributed by atoms with Crippen molar-refractivity contribution in [1.29, 1.82) is 0 Å². The van der Waals surface area contributed by atoms with Crippen LogP contribution in [-0.2, 0) is 6.42 Å². The van der Waals surface area contributed by atoms with E-state index >= 15 is 0 Å². The summed E-state index contributed by atoms with van der Waals surface area (Å²) in [6.45, 7) is 3.05. The Morgan fingerprint density at radius 3 is 2.68 bits per heavy atom. The molecule has 4 heteroatoms. The number of nitrogens with one attached hydrogen (secondary N) is 1. The lowest BCUT2D eigenvalue weighted by molar-refractivity contribution is 0.376. The summed E-state index contributed by atoms with van der Waals surface area (Å²) in [5.74, 6) is 1.61. The summed E-state index contributed by atoms with van der Waals surface area (Å²) in [6.07, 6.45) is 4.69. The van der Waals surface area contributed by atoms with Crippen molar-refractivity contribution in [2.24, 2.45) is 0 Å². The minimum absolute atomic E-state index is 0.506. The van der Waals surface area contributed by atoms with E-state index in [4.69, 9.17) is 21.1 Å². The molecule has 106 valence electrons. The molecule has 3 nitrogen and oxygen atoms in total. The highest BCUT2D eigenvalue weighted by atomic mass is 35.5. The molecule has 2 rings (SSSR count). The predicted molar refractivity (Wildman–Crippen MR) is 78.6 cm³/mol. The van der Waals surface area contributed by atoms with Crippen LogP contribution >= 0.6 is 11.6 Å². The summed E-state index contributed by atoms with van der Waals surface area (Å²) in [7, 11) is 3.35. The van der Waals surface area contributed by atoms with E-state index in [1.807, 2.05) is 6.92 Å². The third kappa shape index (κ3) is 3.15. The molecule has 0 radical (unpaired) electrons. The molecular formula is C15H22ClNO2. The quantitative estimate of drug-likeness (QED) is 0.919. The SMILES string of the molecule is COc1cc(CC2CCCCN2)c(OC)c(Cl)c1C. The van der Waals surface area contributed by atoms with Gasteiger partial charge in [-0.15, -0.1) is 0 Å². The topological polar surface area (TPSA) is 30.5 Å². The number of hydrogen-bond donors (Lipinski definition) is 1. The van der Waals surface area contributed by atoms with Crippen LogP contribution in [0.15, 0.2) is 6.07 Å². The molecule has 1 aliphatic heterocycles. The minimum atomic E-state index is 0.506. The molecule has 1 atom stereocenters. The Labute approximate surface area is 120 Å². The lowest BCUT2D eigenvalue weighted by Crippen LogP contribution is -2.35. The normalized spacial score (nSPS) is 19.3. The lowest BCUT2D eigenvalue weighted by Gasteiger charge is -2.25. The van der Waals surface area contributed by atoms with Crippen LogP contribution in [0, 0.1) is 6.92 Å². The monoisotopic (exact) mass is 283 g/mol. The smallest absolute Gasteiger partial charge is 0.141 e. The number of methoxy groups -OCH3 is 2. The molecule has 0 bridgehead atoms. The van der Waals surface area contributed by atoms with E-state index in [0.29, 0.717) is 11.1 Å². The van der Waals surface area contributed by atoms with Crippen LogP contribution in [0.3, 0.4) is 0 Å². The van der Waals surface area contributed by atoms with Gasteiger partial charge in [-0.25, -0.2) is 0 Å². The highest BCUT2D eigenvalue weighted by Crippen LogP contribution is 2.38. The van der Waals surface area contributed by atoms with Crippen LogP contribution in [0.5, 0.6) is 11.5 Å². The minimum Gasteiger partial charge on any atom is -0.496 e. The summed E-state index contributed by atoms with van der Waals surface area (Å²) >= 11 is 6.37. The summed E-state index contributed by atoms with van der Waals surface area (Å²) in [6, 6.07) is 2.56. The highest BCUT2D eigenvalue weighted by molar-refractivity contribution is 6.33. The van der Waals surface area contributed by atoms with Crippen LogP contribution < -0.4 is 14.8 Å². The summed E-state index contributed by atoms with van der Waals surface area (Å²) in [5, 5.41) is 4.21. The second-order valence-electron chi connectivity index (χ2n) is 5.06. The summed E-state index contributed by atoms with van der Waals surface area (Å²) in [4.78, 5) is 0. The Morgan fingerprint density at radius 1 is 1.32 bits per heavy atom. The molecule has 1 N–H and O–H groups in total. The van der Waals surface area contributed by atoms with Crippen molar-refractivity contribution < 1.29 is 9.47 Å². The van der Waals surface area contributed by atoms with E-state index in [0.717, 1.165) is 35.6 Å². The maximum Gasteiger partial charge on any atom is 0.141 e. The molecule has 1 saturated heterocycles. The summed E-state index contributed by atoms with van der Waals surface area (Å²) < 4.78 is 10.9. The van der Waals surface area contributed by atoms with Crippen LogP contribution in [-0.4, -0.2) is 26.8 Å². The molecule has 0 spiro atoms. The van der Waals surface area contributed by atoms with Crippen LogP contribution in [0.2, 0.25) is 5.02 Å². The van der Waals surface area contributed by atoms with Gasteiger partial charge in [0.05, 0.1) is 19.2 Å². The molecule has 1 unspecified atom stereocenters. The van der Waals surface area contributed by atoms with Gasteiger partial charge < -0.3 is 14.8 Å². The van der Waals surface area contributed by atoms with Crippen molar-refractivity contribution in [2.75, 3.05) is 20.8 Å². The van der Waals surface area contributed by atoms with Crippen LogP contribution in [0.25, 0.3) is 0 Å². The molecule has 1 aromatic carbocycles. The second-order valence-corrected chi connectivity index (χ2v) is 5.44. The first-order valence-corrected chi connectivity index (χ1v) is 7.18. The maximum atomic E-state index is 6.37. The fraction of sp³-hybridized carbons (Fsp3) is 0.600. The van der Waals surface area contributed by atoms with Gasteiger partial charge in [0.2, 0.25) is 0 Å². The Morgan fingerprint density at radius 2 is 2.11 bits per heavy atom. The average Bonchev–Trinajstić information content (AvgIpc) is 2.44. The lowest BCUT2D eigenvalue weighted by atomic mass is 9.96. The number of benzene rings is 1. The molecule has 0 amide bonds. The van der Waals surface area contributed by atoms with Gasteiger partial charge >= 0.3 is 0 Å². The van der Waals surface area contributed by atoms with E-state index in [-0.39, 0.29) is 0 Å². The van der Waals surface area contributed by atoms with Gasteiger partial charge in [-0.3, -0.25) is 0 Å². The first-order valence-electron chi connectivity index (χ1n) is 6.80. The van der Waals surface area contributed by atoms with Gasteiger partial charge in [-0.2, -0.15) is 0 Å². The fourth-order valence-electron chi connectivity index (χ4n) is 2.70. The first-order chi connectivity index (χ1) is 9.17. The third-order valence-electron chi connectivity index (χ3n) is 3.80. The van der Waals surface area contributed by atoms with Crippen molar-refractivity contribution in [3.8, 4) is 11.5 Å². The molecule has 0 saturated carbocycles. The number of halogens is 1. The summed E-state index contributed by atoms with van der Waals surface area (Å²) in [5.41, 5.74) is 2.05. The zero-order chi connectivity index (χ0) is 13.8. The molecule has 1 fully saturated rings. The molecule has 1 heterocycles. The van der Waals surface area contributed by atoms with Gasteiger partial charge in [0.25, 0.3) is 0 Å². The zero-order valence-electron chi connectivity index (χ0n) is 11.9. The van der Waals surface area contributed by atoms with Gasteiger partial charge in [0, 0.05) is 17.2 Å². The van der Waals surface area contributed by atoms with Gasteiger partial charge in [0.15, 0.2) is 0 Å². The third-order valence-corrected chi connectivity index (χ3v) is 4.25. The van der Waals surface area contributed by atoms with Gasteiger partial charge in [-0.1, -0.05) is 18.0 Å². The van der Waals surface area contributed by atoms with Gasteiger partial charge in [-0.05, 0) is 38.8 Å². The second kappa shape index (κ2) is 6.49. The number of rotatable bonds is 4. The van der Waals surface area contributed by atoms with E-state index in [1.165, 1.54) is 19.3 Å². The highest BCUT2D eigenvalue weighted by Gasteiger charge is 2.20. The van der Waals surface area contributed by atoms with Crippen molar-refractivity contribution in [1.82, 2.24) is 5.32 Å². The largest absolute Gasteiger partial charge is 0.496 e. The fourth-order valence-corrected chi connectivity index (χ4v) is 2.99. The van der Waals surface area contributed by atoms with Crippen molar-refractivity contribution in [3.63, 3.8) is 0 Å². The number of ether oxygens (including phenoxy) is 2. The first kappa shape index (κ1) is 14.5. The van der Waals surface area contributed by atoms with Crippen molar-refractivity contribution >= 4 is 11.6 Å². The van der Waals surface area contributed by atoms with E-state index in [1.54, 1.807) is 14.2 Å². The average molecular weight is 284 g/mol. The molecule has 1 aromatic rings. The zero-order valence-corrected chi connectivity index (χ0v) is 12.6. The molecule has 1 aliphatic rings. The van der Waals surface area contributed by atoms with Crippen molar-refractivity contribution in [2.45, 2.75) is 38.6 Å². The predicted octanol–water partition coefficient (Wildman–Crippen LogP) is 3.35. The molecular weight excluding hydrogens is 262 g/mol. The molecule has 19 heavy (non-hydrogen) atoms. The maximum absolute atomic E-state index is 6.37. The number of hydrogen-bond acceptors (Lipinski definition) is 3. The Balaban J connectivity index is 2.29. The van der Waals surface area contributed by atoms with E-state index in [2.05, 4.69) is 11.4 Å². The standard InChI is InChI=1S/C15H22ClNO2/c1-10-13(18-2)9-11(15(19-3)14(10)16)8-12-6-4-5-7-17-12/h9,12,17H,4-8H2,1-3H3.